The number of fused-ring (bicyclic) bond motifs is 2. The molecule has 1 amide bonds. The van der Waals surface area contributed by atoms with Gasteiger partial charge in [-0.2, -0.15) is 0 Å². The van der Waals surface area contributed by atoms with E-state index >= 15 is 0 Å². The Kier molecular flexibility index (Phi) is 4.84. The van der Waals surface area contributed by atoms with Crippen LogP contribution in [-0.2, 0) is 17.8 Å². The topological polar surface area (TPSA) is 52.2 Å². The molecule has 5 nitrogen and oxygen atoms in total. The molecule has 0 saturated carbocycles. The van der Waals surface area contributed by atoms with E-state index in [9.17, 15) is 4.79 Å². The highest BCUT2D eigenvalue weighted by molar-refractivity contribution is 5.96. The van der Waals surface area contributed by atoms with Crippen LogP contribution in [0.4, 0.5) is 5.69 Å². The summed E-state index contributed by atoms with van der Waals surface area (Å²) >= 11 is 0. The van der Waals surface area contributed by atoms with E-state index in [4.69, 9.17) is 4.98 Å². The molecule has 0 bridgehead atoms. The molecular formula is C24H28N4O. The van der Waals surface area contributed by atoms with Crippen LogP contribution in [0.2, 0.25) is 0 Å². The fraction of sp³-hybridized carbons (Fsp3) is 0.417. The lowest BCUT2D eigenvalue weighted by Gasteiger charge is -2.36. The lowest BCUT2D eigenvalue weighted by atomic mass is 9.93. The van der Waals surface area contributed by atoms with Gasteiger partial charge in [0.05, 0.1) is 17.6 Å². The number of carbonyl (C=O) groups is 1. The van der Waals surface area contributed by atoms with Crippen molar-refractivity contribution in [3.8, 4) is 0 Å². The molecule has 0 spiro atoms. The van der Waals surface area contributed by atoms with Gasteiger partial charge in [0.15, 0.2) is 0 Å². The molecule has 5 heteroatoms. The van der Waals surface area contributed by atoms with Crippen LogP contribution in [0.25, 0.3) is 11.0 Å². The molecule has 3 aromatic rings. The average Bonchev–Trinajstić information content (AvgIpc) is 3.14. The summed E-state index contributed by atoms with van der Waals surface area (Å²) in [7, 11) is 0. The fourth-order valence-corrected chi connectivity index (χ4v) is 4.78. The maximum atomic E-state index is 13.2. The van der Waals surface area contributed by atoms with Crippen molar-refractivity contribution in [3.63, 3.8) is 0 Å². The molecule has 29 heavy (non-hydrogen) atoms. The lowest BCUT2D eigenvalue weighted by Crippen LogP contribution is -2.44. The molecule has 2 aliphatic heterocycles. The van der Waals surface area contributed by atoms with Gasteiger partial charge < -0.3 is 9.88 Å². The first-order valence-corrected chi connectivity index (χ1v) is 10.7. The van der Waals surface area contributed by atoms with E-state index in [1.54, 1.807) is 0 Å². The highest BCUT2D eigenvalue weighted by Crippen LogP contribution is 2.30. The van der Waals surface area contributed by atoms with Crippen LogP contribution < -0.4 is 4.90 Å². The number of imidazole rings is 1. The Bertz CT molecular complexity index is 1030. The first kappa shape index (κ1) is 18.4. The normalized spacial score (nSPS) is 18.2. The van der Waals surface area contributed by atoms with Crippen molar-refractivity contribution in [1.29, 1.82) is 0 Å². The molecule has 0 radical (unpaired) electrons. The SMILES string of the molecule is Cc1ccc2nc(CN3CCC(C(=O)N4CCCc5ccccc54)CC3)[nH]c2c1. The van der Waals surface area contributed by atoms with Crippen molar-refractivity contribution in [2.24, 2.45) is 5.92 Å². The third-order valence-electron chi connectivity index (χ3n) is 6.37. The molecule has 1 saturated heterocycles. The number of hydrogen-bond acceptors (Lipinski definition) is 3. The number of benzene rings is 2. The third kappa shape index (κ3) is 3.67. The third-order valence-corrected chi connectivity index (χ3v) is 6.37. The van der Waals surface area contributed by atoms with Gasteiger partial charge in [-0.3, -0.25) is 9.69 Å². The second kappa shape index (κ2) is 7.64. The Morgan fingerprint density at radius 3 is 2.83 bits per heavy atom. The minimum absolute atomic E-state index is 0.135. The maximum Gasteiger partial charge on any atom is 0.230 e. The van der Waals surface area contributed by atoms with E-state index in [-0.39, 0.29) is 5.92 Å². The first-order chi connectivity index (χ1) is 14.2. The number of aromatic nitrogens is 2. The predicted molar refractivity (Wildman–Crippen MR) is 116 cm³/mol. The standard InChI is InChI=1S/C24H28N4O/c1-17-8-9-20-21(15-17)26-23(25-20)16-27-13-10-19(11-14-27)24(29)28-12-4-6-18-5-2-3-7-22(18)28/h2-3,5,7-9,15,19H,4,6,10-14,16H2,1H3,(H,25,26). The van der Waals surface area contributed by atoms with Crippen molar-refractivity contribution in [3.05, 3.63) is 59.4 Å². The summed E-state index contributed by atoms with van der Waals surface area (Å²) in [5, 5.41) is 0. The number of hydrogen-bond donors (Lipinski definition) is 1. The second-order valence-electron chi connectivity index (χ2n) is 8.48. The predicted octanol–water partition coefficient (Wildman–Crippen LogP) is 4.06. The van der Waals surface area contributed by atoms with Gasteiger partial charge >= 0.3 is 0 Å². The number of anilines is 1. The lowest BCUT2D eigenvalue weighted by molar-refractivity contribution is -0.123. The average molecular weight is 389 g/mol. The van der Waals surface area contributed by atoms with Gasteiger partial charge in [0, 0.05) is 18.2 Å². The van der Waals surface area contributed by atoms with E-state index in [1.165, 1.54) is 11.1 Å². The molecule has 2 aliphatic rings. The summed E-state index contributed by atoms with van der Waals surface area (Å²) < 4.78 is 0. The van der Waals surface area contributed by atoms with E-state index in [2.05, 4.69) is 53.2 Å². The summed E-state index contributed by atoms with van der Waals surface area (Å²) in [5.74, 6) is 1.46. The minimum Gasteiger partial charge on any atom is -0.341 e. The fourth-order valence-electron chi connectivity index (χ4n) is 4.78. The van der Waals surface area contributed by atoms with Gasteiger partial charge in [0.2, 0.25) is 5.91 Å². The van der Waals surface area contributed by atoms with Crippen molar-refractivity contribution < 1.29 is 4.79 Å². The summed E-state index contributed by atoms with van der Waals surface area (Å²) in [6, 6.07) is 14.7. The number of nitrogens with zero attached hydrogens (tertiary/aromatic N) is 3. The molecule has 1 fully saturated rings. The molecule has 3 heterocycles. The maximum absolute atomic E-state index is 13.2. The highest BCUT2D eigenvalue weighted by Gasteiger charge is 2.31. The van der Waals surface area contributed by atoms with Crippen LogP contribution in [-0.4, -0.2) is 40.4 Å². The van der Waals surface area contributed by atoms with E-state index in [0.717, 1.165) is 74.4 Å². The summed E-state index contributed by atoms with van der Waals surface area (Å²) in [6.07, 6.45) is 4.00. The number of nitrogens with one attached hydrogen (secondary N) is 1. The molecule has 1 N–H and O–H groups in total. The largest absolute Gasteiger partial charge is 0.341 e. The Morgan fingerprint density at radius 2 is 1.97 bits per heavy atom. The number of para-hydroxylation sites is 1. The highest BCUT2D eigenvalue weighted by atomic mass is 16.2. The van der Waals surface area contributed by atoms with Crippen molar-refractivity contribution in [1.82, 2.24) is 14.9 Å². The van der Waals surface area contributed by atoms with Gasteiger partial charge in [-0.05, 0) is 75.0 Å². The number of carbonyl (C=O) groups excluding carboxylic acids is 1. The monoisotopic (exact) mass is 388 g/mol. The zero-order valence-electron chi connectivity index (χ0n) is 17.0. The zero-order valence-corrected chi connectivity index (χ0v) is 17.0. The molecule has 0 aliphatic carbocycles. The van der Waals surface area contributed by atoms with Crippen LogP contribution in [0.1, 0.15) is 36.2 Å². The van der Waals surface area contributed by atoms with Crippen LogP contribution in [0.15, 0.2) is 42.5 Å². The molecular weight excluding hydrogens is 360 g/mol. The number of piperidine rings is 1. The number of likely N-dealkylation sites (tertiary alicyclic amines) is 1. The zero-order chi connectivity index (χ0) is 19.8. The van der Waals surface area contributed by atoms with E-state index in [1.807, 2.05) is 11.0 Å². The van der Waals surface area contributed by atoms with Gasteiger partial charge in [-0.25, -0.2) is 4.98 Å². The molecule has 1 aromatic heterocycles. The Balaban J connectivity index is 1.22. The van der Waals surface area contributed by atoms with Gasteiger partial charge in [-0.1, -0.05) is 24.3 Å². The number of amides is 1. The van der Waals surface area contributed by atoms with Gasteiger partial charge in [0.1, 0.15) is 5.82 Å². The van der Waals surface area contributed by atoms with Crippen LogP contribution in [0, 0.1) is 12.8 Å². The van der Waals surface area contributed by atoms with Crippen molar-refractivity contribution in [2.75, 3.05) is 24.5 Å². The Morgan fingerprint density at radius 1 is 1.14 bits per heavy atom. The molecule has 5 rings (SSSR count). The first-order valence-electron chi connectivity index (χ1n) is 10.7. The quantitative estimate of drug-likeness (QED) is 0.736. The van der Waals surface area contributed by atoms with Gasteiger partial charge in [0.25, 0.3) is 0 Å². The van der Waals surface area contributed by atoms with Crippen LogP contribution in [0.3, 0.4) is 0 Å². The number of aryl methyl sites for hydroxylation is 2. The molecule has 0 atom stereocenters. The number of aromatic amines is 1. The van der Waals surface area contributed by atoms with E-state index in [0.29, 0.717) is 5.91 Å². The van der Waals surface area contributed by atoms with E-state index < -0.39 is 0 Å². The van der Waals surface area contributed by atoms with Crippen molar-refractivity contribution in [2.45, 2.75) is 39.2 Å². The minimum atomic E-state index is 0.135. The molecule has 2 aromatic carbocycles. The molecule has 150 valence electrons. The number of rotatable bonds is 3. The smallest absolute Gasteiger partial charge is 0.230 e. The summed E-state index contributed by atoms with van der Waals surface area (Å²) in [5.41, 5.74) is 5.81. The van der Waals surface area contributed by atoms with Gasteiger partial charge in [-0.15, -0.1) is 0 Å². The number of H-pyrrole nitrogens is 1. The summed E-state index contributed by atoms with van der Waals surface area (Å²) in [6.45, 7) is 5.67. The molecule has 0 unspecified atom stereocenters. The second-order valence-corrected chi connectivity index (χ2v) is 8.48. The Labute approximate surface area is 171 Å². The summed E-state index contributed by atoms with van der Waals surface area (Å²) in [4.78, 5) is 25.9. The Hall–Kier alpha value is -2.66. The van der Waals surface area contributed by atoms with Crippen LogP contribution in [0.5, 0.6) is 0 Å². The van der Waals surface area contributed by atoms with Crippen LogP contribution >= 0.6 is 0 Å². The van der Waals surface area contributed by atoms with Crippen molar-refractivity contribution >= 4 is 22.6 Å².